The standard InChI is InChI=1S/C16H24F2N2O2.ClH/c1-11(14(21)20-10-16(17,18)9-19)22-13-7-5-6-12(8-13)15(2,3)4;/h5-8,11H,9-10,19H2,1-4H3,(H,20,21);1H. The summed E-state index contributed by atoms with van der Waals surface area (Å²) in [6.07, 6.45) is -0.871. The highest BCUT2D eigenvalue weighted by atomic mass is 35.5. The molecular formula is C16H25ClF2N2O2. The molecule has 1 aromatic rings. The van der Waals surface area contributed by atoms with Crippen LogP contribution >= 0.6 is 12.4 Å². The summed E-state index contributed by atoms with van der Waals surface area (Å²) in [6.45, 7) is 6.11. The van der Waals surface area contributed by atoms with Gasteiger partial charge >= 0.3 is 0 Å². The smallest absolute Gasteiger partial charge is 0.277 e. The maximum Gasteiger partial charge on any atom is 0.277 e. The molecule has 7 heteroatoms. The predicted octanol–water partition coefficient (Wildman–Crippen LogP) is 2.88. The number of hydrogen-bond donors (Lipinski definition) is 2. The summed E-state index contributed by atoms with van der Waals surface area (Å²) in [5, 5.41) is 2.14. The van der Waals surface area contributed by atoms with Crippen molar-refractivity contribution < 1.29 is 18.3 Å². The van der Waals surface area contributed by atoms with E-state index in [1.807, 2.05) is 18.2 Å². The lowest BCUT2D eigenvalue weighted by atomic mass is 9.87. The van der Waals surface area contributed by atoms with Crippen LogP contribution in [0.15, 0.2) is 24.3 Å². The van der Waals surface area contributed by atoms with Crippen molar-refractivity contribution in [3.8, 4) is 5.75 Å². The van der Waals surface area contributed by atoms with E-state index in [1.54, 1.807) is 6.07 Å². The van der Waals surface area contributed by atoms with Gasteiger partial charge in [0, 0.05) is 0 Å². The minimum atomic E-state index is -3.11. The summed E-state index contributed by atoms with van der Waals surface area (Å²) in [5.41, 5.74) is 5.93. The zero-order valence-corrected chi connectivity index (χ0v) is 14.7. The van der Waals surface area contributed by atoms with Crippen LogP contribution in [0.5, 0.6) is 5.75 Å². The lowest BCUT2D eigenvalue weighted by Crippen LogP contribution is -2.45. The third-order valence-corrected chi connectivity index (χ3v) is 3.20. The van der Waals surface area contributed by atoms with Gasteiger partial charge in [-0.25, -0.2) is 8.78 Å². The number of benzene rings is 1. The molecule has 0 saturated carbocycles. The minimum Gasteiger partial charge on any atom is -0.481 e. The Bertz CT molecular complexity index is 519. The zero-order chi connectivity index (χ0) is 17.0. The molecule has 0 spiro atoms. The molecule has 0 saturated heterocycles. The first-order valence-electron chi connectivity index (χ1n) is 7.18. The molecule has 3 N–H and O–H groups in total. The molecule has 1 atom stereocenters. The monoisotopic (exact) mass is 350 g/mol. The molecule has 0 aliphatic rings. The van der Waals surface area contributed by atoms with Gasteiger partial charge in [0.2, 0.25) is 0 Å². The molecule has 4 nitrogen and oxygen atoms in total. The lowest BCUT2D eigenvalue weighted by molar-refractivity contribution is -0.129. The molecule has 0 fully saturated rings. The topological polar surface area (TPSA) is 64.3 Å². The number of halogens is 3. The molecule has 0 radical (unpaired) electrons. The Morgan fingerprint density at radius 1 is 1.35 bits per heavy atom. The fraction of sp³-hybridized carbons (Fsp3) is 0.562. The van der Waals surface area contributed by atoms with Crippen molar-refractivity contribution in [1.82, 2.24) is 5.32 Å². The van der Waals surface area contributed by atoms with Crippen molar-refractivity contribution >= 4 is 18.3 Å². The Labute approximate surface area is 142 Å². The number of alkyl halides is 2. The average Bonchev–Trinajstić information content (AvgIpc) is 2.44. The predicted molar refractivity (Wildman–Crippen MR) is 89.5 cm³/mol. The number of amides is 1. The molecule has 0 aliphatic heterocycles. The maximum absolute atomic E-state index is 13.0. The fourth-order valence-electron chi connectivity index (χ4n) is 1.73. The Kier molecular flexibility index (Phi) is 7.94. The third kappa shape index (κ3) is 7.14. The van der Waals surface area contributed by atoms with Gasteiger partial charge in [-0.05, 0) is 30.0 Å². The van der Waals surface area contributed by atoms with E-state index < -0.39 is 31.0 Å². The van der Waals surface area contributed by atoms with E-state index in [2.05, 4.69) is 26.1 Å². The van der Waals surface area contributed by atoms with E-state index in [0.29, 0.717) is 5.75 Å². The quantitative estimate of drug-likeness (QED) is 0.829. The summed E-state index contributed by atoms with van der Waals surface area (Å²) in [5.74, 6) is -3.18. The maximum atomic E-state index is 13.0. The number of rotatable bonds is 6. The Hall–Kier alpha value is -1.40. The van der Waals surface area contributed by atoms with Gasteiger partial charge in [0.15, 0.2) is 6.10 Å². The van der Waals surface area contributed by atoms with Crippen LogP contribution in [0.2, 0.25) is 0 Å². The number of hydrogen-bond acceptors (Lipinski definition) is 3. The van der Waals surface area contributed by atoms with Crippen LogP contribution < -0.4 is 15.8 Å². The molecule has 0 aromatic heterocycles. The highest BCUT2D eigenvalue weighted by Gasteiger charge is 2.28. The van der Waals surface area contributed by atoms with Crippen LogP contribution in [-0.2, 0) is 10.2 Å². The summed E-state index contributed by atoms with van der Waals surface area (Å²) < 4.78 is 31.5. The Balaban J connectivity index is 0.00000484. The van der Waals surface area contributed by atoms with Crippen molar-refractivity contribution in [1.29, 1.82) is 0 Å². The van der Waals surface area contributed by atoms with Crippen molar-refractivity contribution in [2.24, 2.45) is 5.73 Å². The number of nitrogens with one attached hydrogen (secondary N) is 1. The number of carbonyl (C=O) groups excluding carboxylic acids is 1. The summed E-state index contributed by atoms with van der Waals surface area (Å²) in [7, 11) is 0. The Morgan fingerprint density at radius 3 is 2.48 bits per heavy atom. The second kappa shape index (κ2) is 8.45. The van der Waals surface area contributed by atoms with Crippen LogP contribution in [0.25, 0.3) is 0 Å². The number of carbonyl (C=O) groups is 1. The normalized spacial score (nSPS) is 13.0. The molecule has 0 aliphatic carbocycles. The minimum absolute atomic E-state index is 0. The van der Waals surface area contributed by atoms with Crippen molar-refractivity contribution in [3.63, 3.8) is 0 Å². The van der Waals surface area contributed by atoms with Gasteiger partial charge in [-0.1, -0.05) is 32.9 Å². The molecule has 132 valence electrons. The molecule has 1 unspecified atom stereocenters. The fourth-order valence-corrected chi connectivity index (χ4v) is 1.73. The van der Waals surface area contributed by atoms with Gasteiger partial charge in [0.25, 0.3) is 11.8 Å². The SMILES string of the molecule is CC(Oc1cccc(C(C)(C)C)c1)C(=O)NCC(F)(F)CN.Cl. The van der Waals surface area contributed by atoms with Gasteiger partial charge in [0.05, 0.1) is 13.1 Å². The van der Waals surface area contributed by atoms with Crippen LogP contribution in [0.4, 0.5) is 8.78 Å². The number of nitrogens with two attached hydrogens (primary N) is 1. The summed E-state index contributed by atoms with van der Waals surface area (Å²) >= 11 is 0. The molecular weight excluding hydrogens is 326 g/mol. The highest BCUT2D eigenvalue weighted by Crippen LogP contribution is 2.26. The number of ether oxygens (including phenoxy) is 1. The van der Waals surface area contributed by atoms with Crippen molar-refractivity contribution in [3.05, 3.63) is 29.8 Å². The van der Waals surface area contributed by atoms with E-state index in [1.165, 1.54) is 6.92 Å². The van der Waals surface area contributed by atoms with Crippen LogP contribution in [0.3, 0.4) is 0 Å². The first kappa shape index (κ1) is 21.6. The zero-order valence-electron chi connectivity index (χ0n) is 13.9. The summed E-state index contributed by atoms with van der Waals surface area (Å²) in [4.78, 5) is 11.8. The molecule has 0 heterocycles. The Morgan fingerprint density at radius 2 is 1.96 bits per heavy atom. The molecule has 1 rings (SSSR count). The molecule has 23 heavy (non-hydrogen) atoms. The van der Waals surface area contributed by atoms with E-state index >= 15 is 0 Å². The van der Waals surface area contributed by atoms with Gasteiger partial charge in [0.1, 0.15) is 5.75 Å². The molecule has 1 aromatic carbocycles. The van der Waals surface area contributed by atoms with E-state index in [9.17, 15) is 13.6 Å². The van der Waals surface area contributed by atoms with Gasteiger partial charge < -0.3 is 15.8 Å². The molecule has 0 bridgehead atoms. The second-order valence-electron chi connectivity index (χ2n) is 6.32. The summed E-state index contributed by atoms with van der Waals surface area (Å²) in [6, 6.07) is 7.38. The first-order valence-corrected chi connectivity index (χ1v) is 7.18. The average molecular weight is 351 g/mol. The first-order chi connectivity index (χ1) is 10.0. The van der Waals surface area contributed by atoms with E-state index in [-0.39, 0.29) is 17.8 Å². The van der Waals surface area contributed by atoms with Crippen LogP contribution in [0.1, 0.15) is 33.3 Å². The largest absolute Gasteiger partial charge is 0.481 e. The highest BCUT2D eigenvalue weighted by molar-refractivity contribution is 5.85. The molecule has 1 amide bonds. The van der Waals surface area contributed by atoms with Gasteiger partial charge in [-0.3, -0.25) is 4.79 Å². The van der Waals surface area contributed by atoms with Crippen LogP contribution in [0, 0.1) is 0 Å². The van der Waals surface area contributed by atoms with Gasteiger partial charge in [-0.2, -0.15) is 0 Å². The van der Waals surface area contributed by atoms with E-state index in [0.717, 1.165) is 5.56 Å². The third-order valence-electron chi connectivity index (χ3n) is 3.20. The van der Waals surface area contributed by atoms with Crippen LogP contribution in [-0.4, -0.2) is 31.0 Å². The lowest BCUT2D eigenvalue weighted by Gasteiger charge is -2.21. The van der Waals surface area contributed by atoms with Crippen molar-refractivity contribution in [2.45, 2.75) is 45.1 Å². The second-order valence-corrected chi connectivity index (χ2v) is 6.32. The van der Waals surface area contributed by atoms with Gasteiger partial charge in [-0.15, -0.1) is 12.4 Å². The van der Waals surface area contributed by atoms with E-state index in [4.69, 9.17) is 10.5 Å². The van der Waals surface area contributed by atoms with Crippen molar-refractivity contribution in [2.75, 3.05) is 13.1 Å².